The summed E-state index contributed by atoms with van der Waals surface area (Å²) in [5, 5.41) is 8.95. The quantitative estimate of drug-likeness (QED) is 0.844. The molecule has 1 aliphatic rings. The van der Waals surface area contributed by atoms with Crippen molar-refractivity contribution in [3.05, 3.63) is 35.6 Å². The number of carboxylic acids is 1. The van der Waals surface area contributed by atoms with Crippen LogP contribution in [0.2, 0.25) is 0 Å². The topological polar surface area (TPSA) is 40.5 Å². The highest BCUT2D eigenvalue weighted by Gasteiger charge is 2.31. The van der Waals surface area contributed by atoms with Gasteiger partial charge in [-0.15, -0.1) is 0 Å². The average Bonchev–Trinajstić information content (AvgIpc) is 3.14. The average molecular weight is 251 g/mol. The number of benzene rings is 1. The highest BCUT2D eigenvalue weighted by molar-refractivity contribution is 5.69. The molecule has 18 heavy (non-hydrogen) atoms. The van der Waals surface area contributed by atoms with E-state index in [0.29, 0.717) is 24.7 Å². The van der Waals surface area contributed by atoms with Crippen LogP contribution in [0.25, 0.3) is 0 Å². The minimum Gasteiger partial charge on any atom is -0.481 e. The van der Waals surface area contributed by atoms with Gasteiger partial charge in [0.1, 0.15) is 5.82 Å². The molecule has 2 rings (SSSR count). The third kappa shape index (κ3) is 3.29. The van der Waals surface area contributed by atoms with Crippen molar-refractivity contribution in [1.82, 2.24) is 4.90 Å². The lowest BCUT2D eigenvalue weighted by molar-refractivity contribution is -0.141. The smallest absolute Gasteiger partial charge is 0.307 e. The van der Waals surface area contributed by atoms with Gasteiger partial charge >= 0.3 is 5.97 Å². The second-order valence-electron chi connectivity index (χ2n) is 4.99. The van der Waals surface area contributed by atoms with Crippen LogP contribution in [0.15, 0.2) is 24.3 Å². The van der Waals surface area contributed by atoms with E-state index in [1.165, 1.54) is 6.07 Å². The Morgan fingerprint density at radius 1 is 1.50 bits per heavy atom. The third-order valence-corrected chi connectivity index (χ3v) is 3.32. The molecule has 1 aliphatic carbocycles. The fourth-order valence-corrected chi connectivity index (χ4v) is 2.06. The summed E-state index contributed by atoms with van der Waals surface area (Å²) in [6.07, 6.45) is 2.17. The normalized spacial score (nSPS) is 16.8. The van der Waals surface area contributed by atoms with Crippen molar-refractivity contribution in [2.75, 3.05) is 6.54 Å². The van der Waals surface area contributed by atoms with Crippen LogP contribution in [0.1, 0.15) is 25.3 Å². The molecule has 1 N–H and O–H groups in total. The minimum atomic E-state index is -0.797. The van der Waals surface area contributed by atoms with Crippen molar-refractivity contribution in [2.24, 2.45) is 5.92 Å². The van der Waals surface area contributed by atoms with Gasteiger partial charge in [0, 0.05) is 24.7 Å². The van der Waals surface area contributed by atoms with Crippen LogP contribution in [0.4, 0.5) is 4.39 Å². The first kappa shape index (κ1) is 13.0. The highest BCUT2D eigenvalue weighted by atomic mass is 19.1. The summed E-state index contributed by atoms with van der Waals surface area (Å²) in [7, 11) is 0. The van der Waals surface area contributed by atoms with Gasteiger partial charge in [0.05, 0.1) is 5.92 Å². The molecule has 1 aromatic carbocycles. The summed E-state index contributed by atoms with van der Waals surface area (Å²) in [6.45, 7) is 2.67. The monoisotopic (exact) mass is 251 g/mol. The molecule has 0 aromatic heterocycles. The zero-order chi connectivity index (χ0) is 13.1. The third-order valence-electron chi connectivity index (χ3n) is 3.32. The first-order chi connectivity index (χ1) is 8.58. The van der Waals surface area contributed by atoms with Gasteiger partial charge in [0.25, 0.3) is 0 Å². The maximum Gasteiger partial charge on any atom is 0.307 e. The van der Waals surface area contributed by atoms with Gasteiger partial charge < -0.3 is 5.11 Å². The molecule has 98 valence electrons. The highest BCUT2D eigenvalue weighted by Crippen LogP contribution is 2.29. The van der Waals surface area contributed by atoms with Crippen molar-refractivity contribution in [2.45, 2.75) is 32.4 Å². The molecule has 0 radical (unpaired) electrons. The van der Waals surface area contributed by atoms with Gasteiger partial charge in [-0.05, 0) is 18.9 Å². The first-order valence-corrected chi connectivity index (χ1v) is 6.28. The Morgan fingerprint density at radius 3 is 2.72 bits per heavy atom. The van der Waals surface area contributed by atoms with Crippen LogP contribution in [-0.2, 0) is 11.3 Å². The molecule has 0 spiro atoms. The largest absolute Gasteiger partial charge is 0.481 e. The fourth-order valence-electron chi connectivity index (χ4n) is 2.06. The maximum atomic E-state index is 13.6. The number of rotatable bonds is 6. The van der Waals surface area contributed by atoms with Crippen molar-refractivity contribution in [3.63, 3.8) is 0 Å². The van der Waals surface area contributed by atoms with Crippen molar-refractivity contribution in [1.29, 1.82) is 0 Å². The van der Waals surface area contributed by atoms with E-state index >= 15 is 0 Å². The SMILES string of the molecule is CC(CN(Cc1ccccc1F)C1CC1)C(=O)O. The Balaban J connectivity index is 2.03. The van der Waals surface area contributed by atoms with Gasteiger partial charge in [-0.2, -0.15) is 0 Å². The lowest BCUT2D eigenvalue weighted by Gasteiger charge is -2.24. The number of hydrogen-bond acceptors (Lipinski definition) is 2. The number of aliphatic carboxylic acids is 1. The van der Waals surface area contributed by atoms with Crippen molar-refractivity contribution >= 4 is 5.97 Å². The summed E-state index contributed by atoms with van der Waals surface area (Å²) < 4.78 is 13.6. The molecule has 3 nitrogen and oxygen atoms in total. The molecule has 1 atom stereocenters. The lowest BCUT2D eigenvalue weighted by Crippen LogP contribution is -2.33. The van der Waals surface area contributed by atoms with Gasteiger partial charge in [-0.25, -0.2) is 4.39 Å². The van der Waals surface area contributed by atoms with Crippen molar-refractivity contribution in [3.8, 4) is 0 Å². The van der Waals surface area contributed by atoms with E-state index in [2.05, 4.69) is 4.90 Å². The molecular weight excluding hydrogens is 233 g/mol. The molecule has 1 fully saturated rings. The van der Waals surface area contributed by atoms with Crippen LogP contribution >= 0.6 is 0 Å². The Bertz CT molecular complexity index is 432. The number of halogens is 1. The predicted molar refractivity (Wildman–Crippen MR) is 66.6 cm³/mol. The number of carboxylic acid groups (broad SMARTS) is 1. The molecule has 1 saturated carbocycles. The molecule has 1 unspecified atom stereocenters. The van der Waals surface area contributed by atoms with E-state index in [1.54, 1.807) is 19.1 Å². The van der Waals surface area contributed by atoms with E-state index in [0.717, 1.165) is 12.8 Å². The molecule has 0 saturated heterocycles. The van der Waals surface area contributed by atoms with E-state index in [1.807, 2.05) is 6.07 Å². The Hall–Kier alpha value is -1.42. The predicted octanol–water partition coefficient (Wildman–Crippen LogP) is 2.51. The maximum absolute atomic E-state index is 13.6. The summed E-state index contributed by atoms with van der Waals surface area (Å²) in [5.74, 6) is -1.43. The molecule has 4 heteroatoms. The van der Waals surface area contributed by atoms with Crippen LogP contribution in [0.3, 0.4) is 0 Å². The van der Waals surface area contributed by atoms with E-state index in [9.17, 15) is 9.18 Å². The van der Waals surface area contributed by atoms with Gasteiger partial charge in [0.15, 0.2) is 0 Å². The van der Waals surface area contributed by atoms with Gasteiger partial charge in [-0.3, -0.25) is 9.69 Å². The number of carbonyl (C=O) groups is 1. The van der Waals surface area contributed by atoms with Crippen LogP contribution in [0, 0.1) is 11.7 Å². The van der Waals surface area contributed by atoms with E-state index < -0.39 is 11.9 Å². The summed E-state index contributed by atoms with van der Waals surface area (Å²) in [4.78, 5) is 13.0. The molecule has 0 heterocycles. The summed E-state index contributed by atoms with van der Waals surface area (Å²) in [6, 6.07) is 7.10. The Labute approximate surface area is 106 Å². The Morgan fingerprint density at radius 2 is 2.17 bits per heavy atom. The molecule has 0 aliphatic heterocycles. The Kier molecular flexibility index (Phi) is 3.97. The fraction of sp³-hybridized carbons (Fsp3) is 0.500. The summed E-state index contributed by atoms with van der Waals surface area (Å²) >= 11 is 0. The van der Waals surface area contributed by atoms with E-state index in [-0.39, 0.29) is 5.82 Å². The zero-order valence-corrected chi connectivity index (χ0v) is 10.5. The second kappa shape index (κ2) is 5.48. The van der Waals surface area contributed by atoms with Gasteiger partial charge in [0.2, 0.25) is 0 Å². The van der Waals surface area contributed by atoms with Crippen LogP contribution in [0.5, 0.6) is 0 Å². The molecule has 0 bridgehead atoms. The van der Waals surface area contributed by atoms with E-state index in [4.69, 9.17) is 5.11 Å². The number of hydrogen-bond donors (Lipinski definition) is 1. The van der Waals surface area contributed by atoms with Crippen LogP contribution in [-0.4, -0.2) is 28.6 Å². The number of nitrogens with zero attached hydrogens (tertiary/aromatic N) is 1. The summed E-state index contributed by atoms with van der Waals surface area (Å²) in [5.41, 5.74) is 0.641. The molecule has 0 amide bonds. The lowest BCUT2D eigenvalue weighted by atomic mass is 10.1. The second-order valence-corrected chi connectivity index (χ2v) is 4.99. The van der Waals surface area contributed by atoms with Gasteiger partial charge in [-0.1, -0.05) is 25.1 Å². The van der Waals surface area contributed by atoms with Crippen molar-refractivity contribution < 1.29 is 14.3 Å². The molecular formula is C14H18FNO2. The van der Waals surface area contributed by atoms with Crippen LogP contribution < -0.4 is 0 Å². The standard InChI is InChI=1S/C14H18FNO2/c1-10(14(17)18)8-16(12-6-7-12)9-11-4-2-3-5-13(11)15/h2-5,10,12H,6-9H2,1H3,(H,17,18). The zero-order valence-electron chi connectivity index (χ0n) is 10.5. The first-order valence-electron chi connectivity index (χ1n) is 6.28. The minimum absolute atomic E-state index is 0.217. The molecule has 1 aromatic rings.